The van der Waals surface area contributed by atoms with Gasteiger partial charge in [-0.3, -0.25) is 4.79 Å². The van der Waals surface area contributed by atoms with Crippen LogP contribution in [-0.2, 0) is 4.79 Å². The average Bonchev–Trinajstić information content (AvgIpc) is 3.21. The molecule has 0 spiro atoms. The number of aliphatic hydroxyl groups is 1. The van der Waals surface area contributed by atoms with E-state index in [4.69, 9.17) is 0 Å². The van der Waals surface area contributed by atoms with Crippen molar-refractivity contribution in [3.05, 3.63) is 47.8 Å². The molecule has 1 aromatic carbocycles. The normalized spacial score (nSPS) is 15.0. The van der Waals surface area contributed by atoms with Gasteiger partial charge in [0.05, 0.1) is 18.1 Å². The molecule has 1 unspecified atom stereocenters. The van der Waals surface area contributed by atoms with Crippen LogP contribution in [0.3, 0.4) is 0 Å². The summed E-state index contributed by atoms with van der Waals surface area (Å²) in [5.41, 5.74) is 3.74. The van der Waals surface area contributed by atoms with Gasteiger partial charge < -0.3 is 24.8 Å². The summed E-state index contributed by atoms with van der Waals surface area (Å²) in [5.74, 6) is 0.362. The Hall–Kier alpha value is -3.53. The highest BCUT2D eigenvalue weighted by atomic mass is 19.1. The number of anilines is 3. The minimum atomic E-state index is -0.974. The molecule has 4 rings (SSSR count). The summed E-state index contributed by atoms with van der Waals surface area (Å²) < 4.78 is 16.6. The van der Waals surface area contributed by atoms with E-state index in [-0.39, 0.29) is 17.6 Å². The molecule has 0 bridgehead atoms. The van der Waals surface area contributed by atoms with Gasteiger partial charge in [0.1, 0.15) is 17.6 Å². The monoisotopic (exact) mass is 481 g/mol. The number of hydrogen-bond donors (Lipinski definition) is 2. The predicted molar refractivity (Wildman–Crippen MR) is 133 cm³/mol. The molecule has 1 aliphatic heterocycles. The van der Waals surface area contributed by atoms with Gasteiger partial charge in [0.2, 0.25) is 5.95 Å². The summed E-state index contributed by atoms with van der Waals surface area (Å²) in [6.07, 6.45) is 1.84. The Balaban J connectivity index is 1.50. The van der Waals surface area contributed by atoms with Gasteiger partial charge in [-0.25, -0.2) is 19.3 Å². The Bertz CT molecular complexity index is 1220. The number of carbonyl (C=O) groups is 1. The molecule has 1 atom stereocenters. The Morgan fingerprint density at radius 1 is 1.09 bits per heavy atom. The summed E-state index contributed by atoms with van der Waals surface area (Å²) in [7, 11) is 0. The zero-order chi connectivity index (χ0) is 25.3. The van der Waals surface area contributed by atoms with Crippen LogP contribution in [0.5, 0.6) is 0 Å². The molecule has 1 amide bonds. The van der Waals surface area contributed by atoms with Crippen molar-refractivity contribution in [1.82, 2.24) is 24.4 Å². The van der Waals surface area contributed by atoms with Crippen LogP contribution in [0.1, 0.15) is 38.2 Å². The highest BCUT2D eigenvalue weighted by molar-refractivity contribution is 5.80. The van der Waals surface area contributed by atoms with E-state index in [0.717, 1.165) is 22.8 Å². The van der Waals surface area contributed by atoms with Crippen LogP contribution in [0.15, 0.2) is 30.6 Å². The third kappa shape index (κ3) is 5.12. The number of hydrogen-bond acceptors (Lipinski definition) is 7. The minimum Gasteiger partial charge on any atom is -0.384 e. The van der Waals surface area contributed by atoms with E-state index in [2.05, 4.69) is 25.2 Å². The third-order valence-electron chi connectivity index (χ3n) is 6.23. The van der Waals surface area contributed by atoms with Crippen LogP contribution in [0.2, 0.25) is 0 Å². The summed E-state index contributed by atoms with van der Waals surface area (Å²) >= 11 is 0. The number of amides is 1. The van der Waals surface area contributed by atoms with Gasteiger partial charge in [0.15, 0.2) is 5.82 Å². The van der Waals surface area contributed by atoms with Crippen molar-refractivity contribution in [2.24, 2.45) is 0 Å². The number of rotatable bonds is 6. The second kappa shape index (κ2) is 9.99. The van der Waals surface area contributed by atoms with Crippen molar-refractivity contribution in [2.75, 3.05) is 36.4 Å². The molecule has 1 aliphatic rings. The molecule has 0 aliphatic carbocycles. The molecule has 186 valence electrons. The number of imidazole rings is 1. The Morgan fingerprint density at radius 2 is 1.80 bits per heavy atom. The van der Waals surface area contributed by atoms with E-state index in [1.54, 1.807) is 11.1 Å². The third-order valence-corrected chi connectivity index (χ3v) is 6.23. The van der Waals surface area contributed by atoms with Gasteiger partial charge >= 0.3 is 0 Å². The van der Waals surface area contributed by atoms with E-state index in [0.29, 0.717) is 37.8 Å². The number of nitrogens with one attached hydrogen (secondary N) is 1. The molecule has 0 saturated carbocycles. The summed E-state index contributed by atoms with van der Waals surface area (Å²) in [5, 5.41) is 12.7. The summed E-state index contributed by atoms with van der Waals surface area (Å²) in [4.78, 5) is 28.9. The first-order valence-corrected chi connectivity index (χ1v) is 11.8. The number of aryl methyl sites for hydroxylation is 2. The summed E-state index contributed by atoms with van der Waals surface area (Å²) in [6, 6.07) is 6.06. The highest BCUT2D eigenvalue weighted by Gasteiger charge is 2.24. The molecular formula is C25H32FN7O2. The largest absolute Gasteiger partial charge is 0.384 e. The van der Waals surface area contributed by atoms with E-state index >= 15 is 0 Å². The van der Waals surface area contributed by atoms with Crippen LogP contribution in [0.4, 0.5) is 21.7 Å². The second-order valence-electron chi connectivity index (χ2n) is 9.16. The lowest BCUT2D eigenvalue weighted by atomic mass is 10.1. The molecule has 35 heavy (non-hydrogen) atoms. The maximum absolute atomic E-state index is 14.7. The fourth-order valence-corrected chi connectivity index (χ4v) is 4.54. The van der Waals surface area contributed by atoms with Gasteiger partial charge in [-0.1, -0.05) is 0 Å². The Kier molecular flexibility index (Phi) is 7.02. The lowest BCUT2D eigenvalue weighted by Crippen LogP contribution is -2.51. The quantitative estimate of drug-likeness (QED) is 0.556. The van der Waals surface area contributed by atoms with Gasteiger partial charge in [-0.15, -0.1) is 0 Å². The smallest absolute Gasteiger partial charge is 0.251 e. The molecule has 2 N–H and O–H groups in total. The van der Waals surface area contributed by atoms with Gasteiger partial charge in [-0.2, -0.15) is 0 Å². The minimum absolute atomic E-state index is 0.112. The molecule has 0 radical (unpaired) electrons. The van der Waals surface area contributed by atoms with Crippen molar-refractivity contribution in [2.45, 2.75) is 46.8 Å². The fraction of sp³-hybridized carbons (Fsp3) is 0.440. The Morgan fingerprint density at radius 3 is 2.43 bits per heavy atom. The number of carbonyl (C=O) groups excluding carboxylic acids is 1. The van der Waals surface area contributed by atoms with Crippen molar-refractivity contribution in [3.63, 3.8) is 0 Å². The molecule has 3 heterocycles. The zero-order valence-corrected chi connectivity index (χ0v) is 20.8. The van der Waals surface area contributed by atoms with Crippen molar-refractivity contribution in [1.29, 1.82) is 0 Å². The molecule has 2 aromatic heterocycles. The molecule has 9 nitrogen and oxygen atoms in total. The van der Waals surface area contributed by atoms with Crippen LogP contribution in [0.25, 0.3) is 11.4 Å². The van der Waals surface area contributed by atoms with Crippen LogP contribution < -0.4 is 10.2 Å². The molecule has 3 aromatic rings. The van der Waals surface area contributed by atoms with Gasteiger partial charge in [-0.05, 0) is 58.4 Å². The van der Waals surface area contributed by atoms with E-state index < -0.39 is 11.9 Å². The molecule has 1 saturated heterocycles. The SMILES string of the molecule is Cc1cc(Nc2ncc(F)c(-c3cnc(C)n3C(C)C)n2)ccc1N1CCN(C(=O)C(C)O)CC1. The average molecular weight is 482 g/mol. The standard InChI is InChI=1S/C25H32FN7O2/c1-15(2)33-18(5)27-14-22(33)23-20(26)13-28-25(30-23)29-19-6-7-21(16(3)12-19)31-8-10-32(11-9-31)24(35)17(4)34/h6-7,12-15,17,34H,8-11H2,1-5H3,(H,28,29,30). The van der Waals surface area contributed by atoms with E-state index in [1.807, 2.05) is 50.5 Å². The number of halogens is 1. The lowest BCUT2D eigenvalue weighted by molar-refractivity contribution is -0.139. The summed E-state index contributed by atoms with van der Waals surface area (Å²) in [6.45, 7) is 12.0. The number of benzene rings is 1. The van der Waals surface area contributed by atoms with Crippen LogP contribution in [-0.4, -0.2) is 67.7 Å². The number of piperazine rings is 1. The molecule has 1 fully saturated rings. The molecular weight excluding hydrogens is 449 g/mol. The first-order chi connectivity index (χ1) is 16.7. The number of aromatic nitrogens is 4. The fourth-order valence-electron chi connectivity index (χ4n) is 4.54. The molecule has 10 heteroatoms. The van der Waals surface area contributed by atoms with Crippen molar-refractivity contribution < 1.29 is 14.3 Å². The highest BCUT2D eigenvalue weighted by Crippen LogP contribution is 2.28. The van der Waals surface area contributed by atoms with Crippen molar-refractivity contribution >= 4 is 23.2 Å². The van der Waals surface area contributed by atoms with E-state index in [9.17, 15) is 14.3 Å². The first kappa shape index (κ1) is 24.6. The Labute approximate surface area is 204 Å². The van der Waals surface area contributed by atoms with E-state index in [1.165, 1.54) is 13.1 Å². The maximum atomic E-state index is 14.7. The second-order valence-corrected chi connectivity index (χ2v) is 9.16. The number of nitrogens with zero attached hydrogens (tertiary/aromatic N) is 6. The number of aliphatic hydroxyl groups excluding tert-OH is 1. The van der Waals surface area contributed by atoms with Gasteiger partial charge in [0, 0.05) is 43.6 Å². The zero-order valence-electron chi connectivity index (χ0n) is 20.8. The topological polar surface area (TPSA) is 99.4 Å². The predicted octanol–water partition coefficient (Wildman–Crippen LogP) is 3.45. The first-order valence-electron chi connectivity index (χ1n) is 11.8. The van der Waals surface area contributed by atoms with Crippen LogP contribution >= 0.6 is 0 Å². The van der Waals surface area contributed by atoms with Gasteiger partial charge in [0.25, 0.3) is 5.91 Å². The lowest BCUT2D eigenvalue weighted by Gasteiger charge is -2.37. The van der Waals surface area contributed by atoms with Crippen LogP contribution in [0, 0.1) is 19.7 Å². The van der Waals surface area contributed by atoms with Crippen molar-refractivity contribution in [3.8, 4) is 11.4 Å². The maximum Gasteiger partial charge on any atom is 0.251 e.